The lowest BCUT2D eigenvalue weighted by atomic mass is 9.93. The Labute approximate surface area is 134 Å². The van der Waals surface area contributed by atoms with Crippen molar-refractivity contribution < 1.29 is 9.47 Å². The minimum Gasteiger partial charge on any atom is -0.491 e. The summed E-state index contributed by atoms with van der Waals surface area (Å²) in [7, 11) is 0. The van der Waals surface area contributed by atoms with Crippen molar-refractivity contribution in [1.82, 2.24) is 0 Å². The molecule has 2 aromatic rings. The summed E-state index contributed by atoms with van der Waals surface area (Å²) in [6.07, 6.45) is 0.411. The molecule has 0 aliphatic rings. The summed E-state index contributed by atoms with van der Waals surface area (Å²) in [4.78, 5) is 0. The van der Waals surface area contributed by atoms with Crippen molar-refractivity contribution in [1.29, 1.82) is 0 Å². The molecule has 2 rings (SSSR count). The maximum Gasteiger partial charge on any atom is 0.119 e. The summed E-state index contributed by atoms with van der Waals surface area (Å²) in [6.45, 7) is 10.4. The zero-order valence-electron chi connectivity index (χ0n) is 14.2. The lowest BCUT2D eigenvalue weighted by Gasteiger charge is -2.16. The molecule has 0 radical (unpaired) electrons. The Kier molecular flexibility index (Phi) is 5.48. The van der Waals surface area contributed by atoms with E-state index in [1.807, 2.05) is 52.0 Å². The van der Waals surface area contributed by atoms with Gasteiger partial charge in [-0.3, -0.25) is 0 Å². The third kappa shape index (κ3) is 4.52. The molecule has 0 aromatic heterocycles. The maximum atomic E-state index is 5.69. The molecule has 0 bridgehead atoms. The van der Waals surface area contributed by atoms with Gasteiger partial charge in [-0.25, -0.2) is 0 Å². The van der Waals surface area contributed by atoms with E-state index in [0.717, 1.165) is 11.5 Å². The monoisotopic (exact) mass is 298 g/mol. The van der Waals surface area contributed by atoms with E-state index in [1.54, 1.807) is 0 Å². The van der Waals surface area contributed by atoms with Gasteiger partial charge in [-0.1, -0.05) is 31.2 Å². The molecule has 0 saturated carbocycles. The fourth-order valence-electron chi connectivity index (χ4n) is 2.41. The zero-order chi connectivity index (χ0) is 16.1. The van der Waals surface area contributed by atoms with Crippen LogP contribution in [0.2, 0.25) is 0 Å². The van der Waals surface area contributed by atoms with Gasteiger partial charge >= 0.3 is 0 Å². The molecule has 0 aliphatic heterocycles. The van der Waals surface area contributed by atoms with Gasteiger partial charge in [-0.15, -0.1) is 0 Å². The van der Waals surface area contributed by atoms with Crippen LogP contribution in [-0.4, -0.2) is 12.2 Å². The third-order valence-electron chi connectivity index (χ3n) is 3.50. The van der Waals surface area contributed by atoms with Gasteiger partial charge in [0.2, 0.25) is 0 Å². The Morgan fingerprint density at radius 1 is 0.545 bits per heavy atom. The Morgan fingerprint density at radius 2 is 0.864 bits per heavy atom. The number of hydrogen-bond donors (Lipinski definition) is 0. The van der Waals surface area contributed by atoms with Crippen LogP contribution < -0.4 is 9.47 Å². The molecule has 22 heavy (non-hydrogen) atoms. The van der Waals surface area contributed by atoms with Gasteiger partial charge in [0.15, 0.2) is 0 Å². The standard InChI is InChI=1S/C20H26O2/c1-14(2)21-19-10-6-17(7-11-19)16(5)18-8-12-20(13-9-18)22-15(3)4/h6-16H,1-5H3. The van der Waals surface area contributed by atoms with E-state index in [1.165, 1.54) is 11.1 Å². The number of benzene rings is 2. The highest BCUT2D eigenvalue weighted by molar-refractivity contribution is 5.37. The fraction of sp³-hybridized carbons (Fsp3) is 0.400. The van der Waals surface area contributed by atoms with Gasteiger partial charge in [-0.05, 0) is 63.1 Å². The summed E-state index contributed by atoms with van der Waals surface area (Å²) < 4.78 is 11.4. The number of rotatable bonds is 6. The number of ether oxygens (including phenoxy) is 2. The summed E-state index contributed by atoms with van der Waals surface area (Å²) in [5, 5.41) is 0. The average Bonchev–Trinajstić information content (AvgIpc) is 2.47. The van der Waals surface area contributed by atoms with E-state index in [4.69, 9.17) is 9.47 Å². The molecule has 2 nitrogen and oxygen atoms in total. The maximum absolute atomic E-state index is 5.69. The summed E-state index contributed by atoms with van der Waals surface area (Å²) in [5.41, 5.74) is 2.57. The first-order chi connectivity index (χ1) is 10.5. The molecule has 0 amide bonds. The first-order valence-corrected chi connectivity index (χ1v) is 7.99. The Hall–Kier alpha value is -1.96. The lowest BCUT2D eigenvalue weighted by Crippen LogP contribution is -2.06. The third-order valence-corrected chi connectivity index (χ3v) is 3.50. The van der Waals surface area contributed by atoms with E-state index in [-0.39, 0.29) is 12.2 Å². The van der Waals surface area contributed by atoms with E-state index < -0.39 is 0 Å². The Bertz CT molecular complexity index is 514. The second-order valence-corrected chi connectivity index (χ2v) is 6.19. The topological polar surface area (TPSA) is 18.5 Å². The molecule has 118 valence electrons. The van der Waals surface area contributed by atoms with Crippen molar-refractivity contribution in [2.24, 2.45) is 0 Å². The molecule has 0 fully saturated rings. The summed E-state index contributed by atoms with van der Waals surface area (Å²) in [6, 6.07) is 16.7. The van der Waals surface area contributed by atoms with Gasteiger partial charge < -0.3 is 9.47 Å². The molecule has 0 aliphatic carbocycles. The second kappa shape index (κ2) is 7.35. The molecule has 0 N–H and O–H groups in total. The average molecular weight is 298 g/mol. The predicted octanol–water partition coefficient (Wildman–Crippen LogP) is 5.41. The summed E-state index contributed by atoms with van der Waals surface area (Å²) >= 11 is 0. The minimum atomic E-state index is 0.205. The molecule has 0 heterocycles. The molecule has 0 saturated heterocycles. The van der Waals surface area contributed by atoms with Crippen LogP contribution in [0.25, 0.3) is 0 Å². The van der Waals surface area contributed by atoms with E-state index in [2.05, 4.69) is 31.2 Å². The van der Waals surface area contributed by atoms with Crippen LogP contribution in [0.1, 0.15) is 51.7 Å². The van der Waals surface area contributed by atoms with Gasteiger partial charge in [-0.2, -0.15) is 0 Å². The van der Waals surface area contributed by atoms with E-state index >= 15 is 0 Å². The molecule has 0 atom stereocenters. The molecule has 0 spiro atoms. The number of hydrogen-bond acceptors (Lipinski definition) is 2. The Morgan fingerprint density at radius 3 is 1.14 bits per heavy atom. The SMILES string of the molecule is CC(C)Oc1ccc(C(C)c2ccc(OC(C)C)cc2)cc1. The highest BCUT2D eigenvalue weighted by Gasteiger charge is 2.09. The van der Waals surface area contributed by atoms with Gasteiger partial charge in [0, 0.05) is 5.92 Å². The molecule has 2 aromatic carbocycles. The van der Waals surface area contributed by atoms with Crippen molar-refractivity contribution in [3.8, 4) is 11.5 Å². The van der Waals surface area contributed by atoms with Crippen LogP contribution in [-0.2, 0) is 0 Å². The van der Waals surface area contributed by atoms with Crippen LogP contribution in [0, 0.1) is 0 Å². The highest BCUT2D eigenvalue weighted by Crippen LogP contribution is 2.27. The van der Waals surface area contributed by atoms with Crippen molar-refractivity contribution in [3.63, 3.8) is 0 Å². The van der Waals surface area contributed by atoms with Crippen molar-refractivity contribution in [3.05, 3.63) is 59.7 Å². The van der Waals surface area contributed by atoms with E-state index in [0.29, 0.717) is 5.92 Å². The minimum absolute atomic E-state index is 0.205. The molecule has 2 heteroatoms. The van der Waals surface area contributed by atoms with Gasteiger partial charge in [0.25, 0.3) is 0 Å². The zero-order valence-corrected chi connectivity index (χ0v) is 14.2. The van der Waals surface area contributed by atoms with Crippen molar-refractivity contribution in [2.75, 3.05) is 0 Å². The van der Waals surface area contributed by atoms with Gasteiger partial charge in [0.05, 0.1) is 12.2 Å². The largest absolute Gasteiger partial charge is 0.491 e. The predicted molar refractivity (Wildman–Crippen MR) is 91.9 cm³/mol. The lowest BCUT2D eigenvalue weighted by molar-refractivity contribution is 0.242. The fourth-order valence-corrected chi connectivity index (χ4v) is 2.41. The highest BCUT2D eigenvalue weighted by atomic mass is 16.5. The first-order valence-electron chi connectivity index (χ1n) is 7.99. The Balaban J connectivity index is 2.08. The van der Waals surface area contributed by atoms with Crippen molar-refractivity contribution in [2.45, 2.75) is 52.7 Å². The van der Waals surface area contributed by atoms with Crippen LogP contribution >= 0.6 is 0 Å². The molecular weight excluding hydrogens is 272 g/mol. The molecular formula is C20H26O2. The smallest absolute Gasteiger partial charge is 0.119 e. The van der Waals surface area contributed by atoms with Crippen LogP contribution in [0.15, 0.2) is 48.5 Å². The van der Waals surface area contributed by atoms with Crippen LogP contribution in [0.5, 0.6) is 11.5 Å². The van der Waals surface area contributed by atoms with Crippen LogP contribution in [0.3, 0.4) is 0 Å². The van der Waals surface area contributed by atoms with Gasteiger partial charge in [0.1, 0.15) is 11.5 Å². The van der Waals surface area contributed by atoms with Crippen LogP contribution in [0.4, 0.5) is 0 Å². The van der Waals surface area contributed by atoms with Crippen molar-refractivity contribution >= 4 is 0 Å². The molecule has 0 unspecified atom stereocenters. The van der Waals surface area contributed by atoms with E-state index in [9.17, 15) is 0 Å². The first kappa shape index (κ1) is 16.4. The second-order valence-electron chi connectivity index (χ2n) is 6.19. The normalized spacial score (nSPS) is 11.3. The summed E-state index contributed by atoms with van der Waals surface area (Å²) in [5.74, 6) is 2.19. The quantitative estimate of drug-likeness (QED) is 0.709.